The van der Waals surface area contributed by atoms with Gasteiger partial charge in [0, 0.05) is 11.1 Å². The van der Waals surface area contributed by atoms with Crippen LogP contribution >= 0.6 is 11.8 Å². The van der Waals surface area contributed by atoms with Crippen LogP contribution in [0.1, 0.15) is 12.0 Å². The van der Waals surface area contributed by atoms with E-state index in [0.29, 0.717) is 0 Å². The maximum absolute atomic E-state index is 4.04. The average Bonchev–Trinajstić information content (AvgIpc) is 2.77. The smallest absolute Gasteiger partial charge is 0.0656 e. The van der Waals surface area contributed by atoms with Crippen LogP contribution in [0.3, 0.4) is 0 Å². The molecule has 1 aromatic carbocycles. The normalized spacial score (nSPS) is 16.7. The van der Waals surface area contributed by atoms with Gasteiger partial charge in [-0.2, -0.15) is 16.9 Å². The number of aromatic amines is 1. The van der Waals surface area contributed by atoms with Crippen LogP contribution in [-0.4, -0.2) is 21.7 Å². The first kappa shape index (κ1) is 9.04. The molecule has 0 bridgehead atoms. The highest BCUT2D eigenvalue weighted by Gasteiger charge is 2.07. The number of hydrogen-bond donors (Lipinski definition) is 1. The number of fused-ring (bicyclic) bond motifs is 1. The summed E-state index contributed by atoms with van der Waals surface area (Å²) in [4.78, 5) is 0. The molecule has 0 saturated carbocycles. The van der Waals surface area contributed by atoms with E-state index in [9.17, 15) is 0 Å². The molecule has 2 aromatic rings. The molecule has 1 N–H and O–H groups in total. The van der Waals surface area contributed by atoms with E-state index >= 15 is 0 Å². The summed E-state index contributed by atoms with van der Waals surface area (Å²) in [7, 11) is 0. The van der Waals surface area contributed by atoms with E-state index < -0.39 is 0 Å². The lowest BCUT2D eigenvalue weighted by Crippen LogP contribution is -1.94. The van der Waals surface area contributed by atoms with E-state index in [1.807, 2.05) is 18.0 Å². The Morgan fingerprint density at radius 3 is 3.20 bits per heavy atom. The highest BCUT2D eigenvalue weighted by Crippen LogP contribution is 2.27. The maximum Gasteiger partial charge on any atom is 0.0656 e. The number of rotatable bonds is 1. The molecule has 0 saturated heterocycles. The number of allylic oxidation sites excluding steroid dienone is 1. The predicted molar refractivity (Wildman–Crippen MR) is 66.0 cm³/mol. The van der Waals surface area contributed by atoms with Gasteiger partial charge in [-0.25, -0.2) is 0 Å². The molecule has 0 radical (unpaired) electrons. The van der Waals surface area contributed by atoms with E-state index in [4.69, 9.17) is 0 Å². The molecule has 76 valence electrons. The first-order valence-electron chi connectivity index (χ1n) is 5.14. The van der Waals surface area contributed by atoms with Gasteiger partial charge in [-0.15, -0.1) is 0 Å². The standard InChI is InChI=1S/C12H12N2S/c1-2-11-8-13-14-12(11)7-10(1)9-3-5-15-6-4-9/h1-3,7-8H,4-6H2,(H,13,14). The quantitative estimate of drug-likeness (QED) is 0.793. The van der Waals surface area contributed by atoms with Crippen LogP contribution in [-0.2, 0) is 0 Å². The summed E-state index contributed by atoms with van der Waals surface area (Å²) >= 11 is 2.00. The van der Waals surface area contributed by atoms with E-state index in [1.165, 1.54) is 28.7 Å². The molecule has 2 heterocycles. The van der Waals surface area contributed by atoms with Gasteiger partial charge in [0.05, 0.1) is 11.7 Å². The fourth-order valence-corrected chi connectivity index (χ4v) is 2.78. The summed E-state index contributed by atoms with van der Waals surface area (Å²) in [5.74, 6) is 2.39. The van der Waals surface area contributed by atoms with Crippen molar-refractivity contribution >= 4 is 28.2 Å². The van der Waals surface area contributed by atoms with Crippen molar-refractivity contribution in [2.24, 2.45) is 0 Å². The first-order valence-corrected chi connectivity index (χ1v) is 6.29. The minimum Gasteiger partial charge on any atom is -0.278 e. The van der Waals surface area contributed by atoms with Gasteiger partial charge in [-0.05, 0) is 29.4 Å². The number of nitrogens with zero attached hydrogens (tertiary/aromatic N) is 1. The van der Waals surface area contributed by atoms with Crippen molar-refractivity contribution in [1.29, 1.82) is 0 Å². The molecule has 0 amide bonds. The molecule has 2 nitrogen and oxygen atoms in total. The Morgan fingerprint density at radius 2 is 2.33 bits per heavy atom. The number of thioether (sulfide) groups is 1. The lowest BCUT2D eigenvalue weighted by molar-refractivity contribution is 1.12. The molecule has 0 unspecified atom stereocenters. The van der Waals surface area contributed by atoms with Crippen molar-refractivity contribution in [3.63, 3.8) is 0 Å². The van der Waals surface area contributed by atoms with E-state index in [0.717, 1.165) is 11.3 Å². The molecule has 15 heavy (non-hydrogen) atoms. The van der Waals surface area contributed by atoms with Gasteiger partial charge >= 0.3 is 0 Å². The highest BCUT2D eigenvalue weighted by atomic mass is 32.2. The first-order chi connectivity index (χ1) is 7.43. The molecule has 3 heteroatoms. The van der Waals surface area contributed by atoms with Gasteiger partial charge in [0.1, 0.15) is 0 Å². The summed E-state index contributed by atoms with van der Waals surface area (Å²) in [6.45, 7) is 0. The third kappa shape index (κ3) is 1.67. The van der Waals surface area contributed by atoms with Crippen LogP contribution in [0, 0.1) is 0 Å². The van der Waals surface area contributed by atoms with Crippen LogP contribution < -0.4 is 0 Å². The maximum atomic E-state index is 4.04. The average molecular weight is 216 g/mol. The lowest BCUT2D eigenvalue weighted by Gasteiger charge is -2.12. The predicted octanol–water partition coefficient (Wildman–Crippen LogP) is 3.08. The summed E-state index contributed by atoms with van der Waals surface area (Å²) in [5.41, 5.74) is 3.95. The van der Waals surface area contributed by atoms with Crippen molar-refractivity contribution in [1.82, 2.24) is 10.2 Å². The number of H-pyrrole nitrogens is 1. The topological polar surface area (TPSA) is 28.7 Å². The fraction of sp³-hybridized carbons (Fsp3) is 0.250. The molecule has 0 aliphatic carbocycles. The van der Waals surface area contributed by atoms with Crippen molar-refractivity contribution in [3.8, 4) is 0 Å². The summed E-state index contributed by atoms with van der Waals surface area (Å²) in [6.07, 6.45) is 5.39. The fourth-order valence-electron chi connectivity index (χ4n) is 1.93. The number of hydrogen-bond acceptors (Lipinski definition) is 2. The number of nitrogens with one attached hydrogen (secondary N) is 1. The molecule has 0 fully saturated rings. The second kappa shape index (κ2) is 3.74. The molecule has 3 rings (SSSR count). The highest BCUT2D eigenvalue weighted by molar-refractivity contribution is 7.99. The molecule has 0 spiro atoms. The van der Waals surface area contributed by atoms with Gasteiger partial charge in [0.15, 0.2) is 0 Å². The van der Waals surface area contributed by atoms with Crippen LogP contribution in [0.4, 0.5) is 0 Å². The summed E-state index contributed by atoms with van der Waals surface area (Å²) < 4.78 is 0. The zero-order chi connectivity index (χ0) is 10.1. The Labute approximate surface area is 92.8 Å². The Kier molecular flexibility index (Phi) is 2.25. The minimum absolute atomic E-state index is 1.13. The SMILES string of the molecule is C1=C(c2ccc3cn[nH]c3c2)CCSC1. The Hall–Kier alpha value is -1.22. The molecule has 1 aliphatic rings. The van der Waals surface area contributed by atoms with Gasteiger partial charge in [0.25, 0.3) is 0 Å². The van der Waals surface area contributed by atoms with Gasteiger partial charge < -0.3 is 0 Å². The van der Waals surface area contributed by atoms with Crippen LogP contribution in [0.25, 0.3) is 16.5 Å². The van der Waals surface area contributed by atoms with Crippen molar-refractivity contribution < 1.29 is 0 Å². The lowest BCUT2D eigenvalue weighted by atomic mass is 10.0. The molecular formula is C12H12N2S. The molecular weight excluding hydrogens is 204 g/mol. The number of benzene rings is 1. The summed E-state index contributed by atoms with van der Waals surface area (Å²) in [5, 5.41) is 8.24. The van der Waals surface area contributed by atoms with Crippen LogP contribution in [0.5, 0.6) is 0 Å². The number of aromatic nitrogens is 2. The molecule has 1 aromatic heterocycles. The van der Waals surface area contributed by atoms with Gasteiger partial charge in [-0.3, -0.25) is 5.10 Å². The van der Waals surface area contributed by atoms with E-state index in [-0.39, 0.29) is 0 Å². The largest absolute Gasteiger partial charge is 0.278 e. The zero-order valence-corrected chi connectivity index (χ0v) is 9.18. The minimum atomic E-state index is 1.13. The van der Waals surface area contributed by atoms with Crippen molar-refractivity contribution in [2.75, 3.05) is 11.5 Å². The Morgan fingerprint density at radius 1 is 1.33 bits per heavy atom. The van der Waals surface area contributed by atoms with Crippen molar-refractivity contribution in [2.45, 2.75) is 6.42 Å². The van der Waals surface area contributed by atoms with E-state index in [2.05, 4.69) is 34.5 Å². The molecule has 1 aliphatic heterocycles. The van der Waals surface area contributed by atoms with Gasteiger partial charge in [-0.1, -0.05) is 18.2 Å². The zero-order valence-electron chi connectivity index (χ0n) is 8.36. The second-order valence-corrected chi connectivity index (χ2v) is 4.88. The monoisotopic (exact) mass is 216 g/mol. The Bertz CT molecular complexity index is 513. The van der Waals surface area contributed by atoms with E-state index in [1.54, 1.807) is 0 Å². The third-order valence-corrected chi connectivity index (χ3v) is 3.67. The molecule has 0 atom stereocenters. The Balaban J connectivity index is 2.06. The van der Waals surface area contributed by atoms with Gasteiger partial charge in [0.2, 0.25) is 0 Å². The third-order valence-electron chi connectivity index (χ3n) is 2.78. The van der Waals surface area contributed by atoms with Crippen molar-refractivity contribution in [3.05, 3.63) is 36.0 Å². The van der Waals surface area contributed by atoms with Crippen LogP contribution in [0.15, 0.2) is 30.5 Å². The summed E-state index contributed by atoms with van der Waals surface area (Å²) in [6, 6.07) is 6.53. The van der Waals surface area contributed by atoms with Crippen LogP contribution in [0.2, 0.25) is 0 Å². The second-order valence-electron chi connectivity index (χ2n) is 3.73.